The second-order valence-corrected chi connectivity index (χ2v) is 8.29. The Kier molecular flexibility index (Phi) is 5.82. The zero-order valence-electron chi connectivity index (χ0n) is 16.8. The summed E-state index contributed by atoms with van der Waals surface area (Å²) in [7, 11) is 0. The number of benzene rings is 2. The summed E-state index contributed by atoms with van der Waals surface area (Å²) < 4.78 is 0. The topological polar surface area (TPSA) is 108 Å². The van der Waals surface area contributed by atoms with Crippen LogP contribution in [0.1, 0.15) is 41.6 Å². The van der Waals surface area contributed by atoms with Gasteiger partial charge in [-0.1, -0.05) is 36.4 Å². The fraction of sp³-hybridized carbons (Fsp3) is 0.375. The number of rotatable bonds is 6. The highest BCUT2D eigenvalue weighted by Gasteiger charge is 2.39. The van der Waals surface area contributed by atoms with E-state index in [-0.39, 0.29) is 11.9 Å². The number of nitriles is 1. The molecule has 5 rings (SSSR count). The quantitative estimate of drug-likeness (QED) is 0.690. The van der Waals surface area contributed by atoms with Gasteiger partial charge in [-0.3, -0.25) is 9.59 Å². The molecule has 6 heteroatoms. The second-order valence-electron chi connectivity index (χ2n) is 8.29. The van der Waals surface area contributed by atoms with E-state index in [1.54, 1.807) is 12.1 Å². The summed E-state index contributed by atoms with van der Waals surface area (Å²) in [6.07, 6.45) is 4.94. The molecule has 6 nitrogen and oxygen atoms in total. The smallest absolute Gasteiger partial charge is 0.248 e. The lowest BCUT2D eigenvalue weighted by molar-refractivity contribution is -0.127. The van der Waals surface area contributed by atoms with Crippen molar-refractivity contribution >= 4 is 11.8 Å². The number of hydrogen-bond acceptors (Lipinski definition) is 4. The van der Waals surface area contributed by atoms with Crippen molar-refractivity contribution in [2.45, 2.75) is 50.2 Å². The van der Waals surface area contributed by atoms with E-state index in [4.69, 9.17) is 5.73 Å². The second kappa shape index (κ2) is 8.68. The molecule has 2 amide bonds. The van der Waals surface area contributed by atoms with Gasteiger partial charge < -0.3 is 16.4 Å². The van der Waals surface area contributed by atoms with Crippen molar-refractivity contribution in [1.29, 1.82) is 5.26 Å². The van der Waals surface area contributed by atoms with E-state index < -0.39 is 11.9 Å². The molecule has 1 saturated carbocycles. The summed E-state index contributed by atoms with van der Waals surface area (Å²) in [6.45, 7) is 0. The van der Waals surface area contributed by atoms with Crippen LogP contribution < -0.4 is 16.4 Å². The molecule has 2 atom stereocenters. The fourth-order valence-electron chi connectivity index (χ4n) is 4.59. The van der Waals surface area contributed by atoms with E-state index in [1.165, 1.54) is 0 Å². The van der Waals surface area contributed by atoms with Crippen molar-refractivity contribution in [3.05, 3.63) is 59.7 Å². The van der Waals surface area contributed by atoms with Gasteiger partial charge in [0.2, 0.25) is 11.8 Å². The van der Waals surface area contributed by atoms with E-state index in [9.17, 15) is 14.9 Å². The van der Waals surface area contributed by atoms with E-state index in [2.05, 4.69) is 16.7 Å². The molecule has 2 aromatic rings. The number of primary amides is 1. The lowest BCUT2D eigenvalue weighted by Gasteiger charge is -2.42. The van der Waals surface area contributed by atoms with Crippen molar-refractivity contribution in [1.82, 2.24) is 10.6 Å². The van der Waals surface area contributed by atoms with Gasteiger partial charge in [0, 0.05) is 18.0 Å². The number of hydrogen-bond donors (Lipinski definition) is 3. The van der Waals surface area contributed by atoms with Crippen LogP contribution in [0.5, 0.6) is 0 Å². The van der Waals surface area contributed by atoms with Gasteiger partial charge in [0.25, 0.3) is 0 Å². The molecule has 2 aromatic carbocycles. The minimum atomic E-state index is -0.555. The number of piperidine rings is 2. The molecule has 1 aliphatic carbocycles. The Hall–Kier alpha value is -3.17. The first kappa shape index (κ1) is 20.1. The molecule has 3 fully saturated rings. The zero-order chi connectivity index (χ0) is 21.1. The summed E-state index contributed by atoms with van der Waals surface area (Å²) >= 11 is 0. The van der Waals surface area contributed by atoms with E-state index in [0.29, 0.717) is 23.9 Å². The normalized spacial score (nSPS) is 23.4. The predicted octanol–water partition coefficient (Wildman–Crippen LogP) is 2.53. The van der Waals surface area contributed by atoms with Gasteiger partial charge in [-0.15, -0.1) is 0 Å². The highest BCUT2D eigenvalue weighted by atomic mass is 16.2. The van der Waals surface area contributed by atoms with E-state index in [1.807, 2.05) is 36.4 Å². The van der Waals surface area contributed by atoms with Crippen LogP contribution in [0, 0.1) is 17.2 Å². The van der Waals surface area contributed by atoms with Crippen LogP contribution in [0.3, 0.4) is 0 Å². The van der Waals surface area contributed by atoms with Crippen molar-refractivity contribution in [3.8, 4) is 17.2 Å². The average Bonchev–Trinajstić information content (AvgIpc) is 2.80. The summed E-state index contributed by atoms with van der Waals surface area (Å²) in [5, 5.41) is 15.9. The summed E-state index contributed by atoms with van der Waals surface area (Å²) in [5.74, 6) is -0.116. The Balaban J connectivity index is 1.37. The van der Waals surface area contributed by atoms with E-state index >= 15 is 0 Å². The Morgan fingerprint density at radius 2 is 1.63 bits per heavy atom. The van der Waals surface area contributed by atoms with Gasteiger partial charge >= 0.3 is 0 Å². The molecule has 0 unspecified atom stereocenters. The van der Waals surface area contributed by atoms with Crippen LogP contribution in [-0.2, 0) is 11.2 Å². The molecule has 4 N–H and O–H groups in total. The molecular weight excluding hydrogens is 376 g/mol. The highest BCUT2D eigenvalue weighted by Crippen LogP contribution is 2.33. The summed E-state index contributed by atoms with van der Waals surface area (Å²) in [6, 6.07) is 17.0. The van der Waals surface area contributed by atoms with Crippen molar-refractivity contribution < 1.29 is 9.59 Å². The number of carbonyl (C=O) groups excluding carboxylic acids is 2. The number of nitrogens with two attached hydrogens (primary N) is 1. The Morgan fingerprint density at radius 1 is 1.03 bits per heavy atom. The lowest BCUT2D eigenvalue weighted by Crippen LogP contribution is -2.59. The molecule has 2 bridgehead atoms. The standard InChI is InChI=1S/C24H26N4O2/c25-14-21(28-24(30)22-18-9-11-20(27-22)12-10-18)13-15-1-3-16(4-2-15)17-5-7-19(8-6-17)23(26)29/h1-8,18,20-22,27H,9-13H2,(H2,26,29)(H,28,30)/t18?,20?,21-,22-/m0/s1. The minimum absolute atomic E-state index is 0.0536. The van der Waals surface area contributed by atoms with Crippen LogP contribution in [0.2, 0.25) is 0 Å². The first-order valence-electron chi connectivity index (χ1n) is 10.5. The molecule has 2 aliphatic heterocycles. The van der Waals surface area contributed by atoms with Crippen molar-refractivity contribution in [3.63, 3.8) is 0 Å². The monoisotopic (exact) mass is 402 g/mol. The SMILES string of the molecule is N#C[C@H](Cc1ccc(-c2ccc(C(N)=O)cc2)cc1)NC(=O)[C@H]1NC2CCC1CC2. The fourth-order valence-corrected chi connectivity index (χ4v) is 4.59. The number of carbonyl (C=O) groups is 2. The van der Waals surface area contributed by atoms with Crippen molar-refractivity contribution in [2.24, 2.45) is 11.7 Å². The number of nitrogens with one attached hydrogen (secondary N) is 2. The summed E-state index contributed by atoms with van der Waals surface area (Å²) in [5.41, 5.74) is 8.73. The Bertz CT molecular complexity index is 954. The first-order chi connectivity index (χ1) is 14.5. The summed E-state index contributed by atoms with van der Waals surface area (Å²) in [4.78, 5) is 23.9. The maximum Gasteiger partial charge on any atom is 0.248 e. The van der Waals surface area contributed by atoms with Crippen LogP contribution in [0.25, 0.3) is 11.1 Å². The molecule has 2 saturated heterocycles. The predicted molar refractivity (Wildman–Crippen MR) is 114 cm³/mol. The lowest BCUT2D eigenvalue weighted by atomic mass is 9.76. The highest BCUT2D eigenvalue weighted by molar-refractivity contribution is 5.93. The van der Waals surface area contributed by atoms with Gasteiger partial charge in [0.05, 0.1) is 12.1 Å². The molecular formula is C24H26N4O2. The van der Waals surface area contributed by atoms with E-state index in [0.717, 1.165) is 42.4 Å². The maximum absolute atomic E-state index is 12.7. The molecule has 0 spiro atoms. The first-order valence-corrected chi connectivity index (χ1v) is 10.5. The molecule has 30 heavy (non-hydrogen) atoms. The largest absolute Gasteiger partial charge is 0.366 e. The van der Waals surface area contributed by atoms with Crippen LogP contribution in [-0.4, -0.2) is 29.9 Å². The molecule has 3 aliphatic rings. The van der Waals surface area contributed by atoms with Gasteiger partial charge in [-0.05, 0) is 60.4 Å². The van der Waals surface area contributed by atoms with Gasteiger partial charge in [0.15, 0.2) is 0 Å². The molecule has 0 radical (unpaired) electrons. The third-order valence-corrected chi connectivity index (χ3v) is 6.31. The van der Waals surface area contributed by atoms with Gasteiger partial charge in [-0.2, -0.15) is 5.26 Å². The third-order valence-electron chi connectivity index (χ3n) is 6.31. The molecule has 154 valence electrons. The van der Waals surface area contributed by atoms with Gasteiger partial charge in [0.1, 0.15) is 6.04 Å². The zero-order valence-corrected chi connectivity index (χ0v) is 16.8. The van der Waals surface area contributed by atoms with Crippen LogP contribution in [0.15, 0.2) is 48.5 Å². The third kappa shape index (κ3) is 4.37. The maximum atomic E-state index is 12.7. The van der Waals surface area contributed by atoms with Crippen LogP contribution >= 0.6 is 0 Å². The number of amides is 2. The number of nitrogens with zero attached hydrogens (tertiary/aromatic N) is 1. The number of fused-ring (bicyclic) bond motifs is 3. The van der Waals surface area contributed by atoms with Crippen molar-refractivity contribution in [2.75, 3.05) is 0 Å². The molecule has 2 heterocycles. The van der Waals surface area contributed by atoms with Gasteiger partial charge in [-0.25, -0.2) is 0 Å². The Morgan fingerprint density at radius 3 is 2.13 bits per heavy atom. The Labute approximate surface area is 176 Å². The molecule has 0 aromatic heterocycles. The average molecular weight is 402 g/mol. The minimum Gasteiger partial charge on any atom is -0.366 e. The van der Waals surface area contributed by atoms with Crippen LogP contribution in [0.4, 0.5) is 0 Å².